The molecule has 1 aliphatic heterocycles. The SMILES string of the molecule is COCCCNCC1CCC2(CCCCC2)O1. The average Bonchev–Trinajstić information content (AvgIpc) is 2.73. The fraction of sp³-hybridized carbons (Fsp3) is 1.00. The van der Waals surface area contributed by atoms with Crippen LogP contribution in [-0.2, 0) is 9.47 Å². The van der Waals surface area contributed by atoms with E-state index >= 15 is 0 Å². The van der Waals surface area contributed by atoms with Gasteiger partial charge in [-0.1, -0.05) is 19.3 Å². The van der Waals surface area contributed by atoms with E-state index in [1.165, 1.54) is 44.9 Å². The van der Waals surface area contributed by atoms with E-state index in [9.17, 15) is 0 Å². The molecule has 1 spiro atoms. The minimum Gasteiger partial charge on any atom is -0.385 e. The predicted octanol–water partition coefficient (Wildman–Crippen LogP) is 2.49. The first-order chi connectivity index (χ1) is 8.35. The standard InChI is InChI=1S/C14H27NO2/c1-16-11-5-10-15-12-13-6-9-14(17-13)7-3-2-4-8-14/h13,15H,2-12H2,1H3. The summed E-state index contributed by atoms with van der Waals surface area (Å²) in [6.45, 7) is 2.91. The first kappa shape index (κ1) is 13.3. The highest BCUT2D eigenvalue weighted by Gasteiger charge is 2.40. The Morgan fingerprint density at radius 2 is 2.06 bits per heavy atom. The topological polar surface area (TPSA) is 30.5 Å². The number of rotatable bonds is 6. The van der Waals surface area contributed by atoms with Gasteiger partial charge in [-0.15, -0.1) is 0 Å². The summed E-state index contributed by atoms with van der Waals surface area (Å²) in [5, 5.41) is 3.48. The molecule has 3 nitrogen and oxygen atoms in total. The summed E-state index contributed by atoms with van der Waals surface area (Å²) in [4.78, 5) is 0. The fourth-order valence-electron chi connectivity index (χ4n) is 3.21. The number of hydrogen-bond acceptors (Lipinski definition) is 3. The van der Waals surface area contributed by atoms with Crippen molar-refractivity contribution in [1.82, 2.24) is 5.32 Å². The molecule has 17 heavy (non-hydrogen) atoms. The van der Waals surface area contributed by atoms with E-state index in [0.717, 1.165) is 26.1 Å². The molecule has 1 saturated heterocycles. The van der Waals surface area contributed by atoms with Crippen LogP contribution in [0.4, 0.5) is 0 Å². The Labute approximate surface area is 105 Å². The van der Waals surface area contributed by atoms with Crippen LogP contribution in [0.3, 0.4) is 0 Å². The molecule has 2 aliphatic rings. The molecule has 1 saturated carbocycles. The van der Waals surface area contributed by atoms with Crippen molar-refractivity contribution >= 4 is 0 Å². The Balaban J connectivity index is 1.60. The quantitative estimate of drug-likeness (QED) is 0.725. The second-order valence-corrected chi connectivity index (χ2v) is 5.57. The highest BCUT2D eigenvalue weighted by Crippen LogP contribution is 2.41. The molecular formula is C14H27NO2. The maximum atomic E-state index is 6.30. The molecule has 2 fully saturated rings. The smallest absolute Gasteiger partial charge is 0.0708 e. The van der Waals surface area contributed by atoms with Crippen LogP contribution in [0.5, 0.6) is 0 Å². The van der Waals surface area contributed by atoms with Gasteiger partial charge in [0.05, 0.1) is 11.7 Å². The highest BCUT2D eigenvalue weighted by molar-refractivity contribution is 4.91. The Bertz CT molecular complexity index is 214. The zero-order valence-corrected chi connectivity index (χ0v) is 11.2. The third-order valence-electron chi connectivity index (χ3n) is 4.18. The summed E-state index contributed by atoms with van der Waals surface area (Å²) in [7, 11) is 1.76. The van der Waals surface area contributed by atoms with Crippen LogP contribution >= 0.6 is 0 Å². The van der Waals surface area contributed by atoms with Crippen LogP contribution in [0, 0.1) is 0 Å². The van der Waals surface area contributed by atoms with Gasteiger partial charge in [0, 0.05) is 20.3 Å². The minimum absolute atomic E-state index is 0.275. The first-order valence-corrected chi connectivity index (χ1v) is 7.22. The zero-order chi connectivity index (χ0) is 12.0. The van der Waals surface area contributed by atoms with E-state index < -0.39 is 0 Å². The first-order valence-electron chi connectivity index (χ1n) is 7.22. The van der Waals surface area contributed by atoms with Gasteiger partial charge in [0.1, 0.15) is 0 Å². The van der Waals surface area contributed by atoms with Gasteiger partial charge in [-0.2, -0.15) is 0 Å². The van der Waals surface area contributed by atoms with Crippen LogP contribution in [0.15, 0.2) is 0 Å². The van der Waals surface area contributed by atoms with Crippen molar-refractivity contribution in [2.24, 2.45) is 0 Å². The molecule has 3 heteroatoms. The average molecular weight is 241 g/mol. The monoisotopic (exact) mass is 241 g/mol. The van der Waals surface area contributed by atoms with Gasteiger partial charge in [-0.25, -0.2) is 0 Å². The Morgan fingerprint density at radius 3 is 2.82 bits per heavy atom. The van der Waals surface area contributed by atoms with Gasteiger partial charge in [0.2, 0.25) is 0 Å². The predicted molar refractivity (Wildman–Crippen MR) is 69.3 cm³/mol. The highest BCUT2D eigenvalue weighted by atomic mass is 16.5. The van der Waals surface area contributed by atoms with Crippen molar-refractivity contribution in [2.45, 2.75) is 63.1 Å². The van der Waals surface area contributed by atoms with Crippen molar-refractivity contribution in [1.29, 1.82) is 0 Å². The Morgan fingerprint density at radius 1 is 1.24 bits per heavy atom. The van der Waals surface area contributed by atoms with Crippen molar-refractivity contribution < 1.29 is 9.47 Å². The molecule has 1 aliphatic carbocycles. The third kappa shape index (κ3) is 3.94. The van der Waals surface area contributed by atoms with E-state index in [2.05, 4.69) is 5.32 Å². The van der Waals surface area contributed by atoms with E-state index in [-0.39, 0.29) is 5.60 Å². The minimum atomic E-state index is 0.275. The molecule has 0 bridgehead atoms. The van der Waals surface area contributed by atoms with Crippen molar-refractivity contribution in [2.75, 3.05) is 26.8 Å². The molecule has 0 radical (unpaired) electrons. The Hall–Kier alpha value is -0.120. The van der Waals surface area contributed by atoms with Crippen LogP contribution in [0.25, 0.3) is 0 Å². The van der Waals surface area contributed by atoms with Crippen LogP contribution < -0.4 is 5.32 Å². The molecule has 0 amide bonds. The second-order valence-electron chi connectivity index (χ2n) is 5.57. The summed E-state index contributed by atoms with van der Waals surface area (Å²) in [5.41, 5.74) is 0.275. The molecule has 0 aromatic carbocycles. The van der Waals surface area contributed by atoms with Crippen LogP contribution in [0.2, 0.25) is 0 Å². The maximum absolute atomic E-state index is 6.30. The van der Waals surface area contributed by atoms with E-state index in [1.807, 2.05) is 0 Å². The van der Waals surface area contributed by atoms with E-state index in [0.29, 0.717) is 6.10 Å². The molecule has 1 atom stereocenters. The van der Waals surface area contributed by atoms with E-state index in [4.69, 9.17) is 9.47 Å². The summed E-state index contributed by atoms with van der Waals surface area (Å²) in [5.74, 6) is 0. The molecule has 0 aromatic rings. The van der Waals surface area contributed by atoms with Gasteiger partial charge in [0.15, 0.2) is 0 Å². The van der Waals surface area contributed by atoms with Gasteiger partial charge < -0.3 is 14.8 Å². The van der Waals surface area contributed by atoms with Crippen LogP contribution in [0.1, 0.15) is 51.4 Å². The number of nitrogens with one attached hydrogen (secondary N) is 1. The molecule has 1 unspecified atom stereocenters. The second kappa shape index (κ2) is 6.72. The molecule has 1 heterocycles. The summed E-state index contributed by atoms with van der Waals surface area (Å²) in [6.07, 6.45) is 10.8. The zero-order valence-electron chi connectivity index (χ0n) is 11.2. The molecule has 1 N–H and O–H groups in total. The fourth-order valence-corrected chi connectivity index (χ4v) is 3.21. The molecular weight excluding hydrogens is 214 g/mol. The summed E-state index contributed by atoms with van der Waals surface area (Å²) in [6, 6.07) is 0. The lowest BCUT2D eigenvalue weighted by Gasteiger charge is -2.33. The van der Waals surface area contributed by atoms with Crippen molar-refractivity contribution in [3.63, 3.8) is 0 Å². The largest absolute Gasteiger partial charge is 0.385 e. The number of methoxy groups -OCH3 is 1. The Kier molecular flexibility index (Phi) is 5.26. The van der Waals surface area contributed by atoms with Gasteiger partial charge in [-0.05, 0) is 38.6 Å². The van der Waals surface area contributed by atoms with Crippen LogP contribution in [-0.4, -0.2) is 38.5 Å². The van der Waals surface area contributed by atoms with Crippen molar-refractivity contribution in [3.8, 4) is 0 Å². The van der Waals surface area contributed by atoms with Crippen molar-refractivity contribution in [3.05, 3.63) is 0 Å². The van der Waals surface area contributed by atoms with E-state index in [1.54, 1.807) is 7.11 Å². The number of hydrogen-bond donors (Lipinski definition) is 1. The van der Waals surface area contributed by atoms with Gasteiger partial charge in [0.25, 0.3) is 0 Å². The summed E-state index contributed by atoms with van der Waals surface area (Å²) >= 11 is 0. The lowest BCUT2D eigenvalue weighted by molar-refractivity contribution is -0.0623. The lowest BCUT2D eigenvalue weighted by Crippen LogP contribution is -2.35. The maximum Gasteiger partial charge on any atom is 0.0708 e. The van der Waals surface area contributed by atoms with Gasteiger partial charge in [-0.3, -0.25) is 0 Å². The molecule has 2 rings (SSSR count). The van der Waals surface area contributed by atoms with Gasteiger partial charge >= 0.3 is 0 Å². The summed E-state index contributed by atoms with van der Waals surface area (Å²) < 4.78 is 11.3. The normalized spacial score (nSPS) is 27.7. The number of ether oxygens (including phenoxy) is 2. The molecule has 0 aromatic heterocycles. The molecule has 100 valence electrons. The lowest BCUT2D eigenvalue weighted by atomic mass is 9.83. The third-order valence-corrected chi connectivity index (χ3v) is 4.18.